The van der Waals surface area contributed by atoms with Crippen molar-refractivity contribution < 1.29 is 19.8 Å². The molecular weight excluding hydrogens is 382 g/mol. The summed E-state index contributed by atoms with van der Waals surface area (Å²) in [7, 11) is 0. The van der Waals surface area contributed by atoms with Gasteiger partial charge in [-0.25, -0.2) is 4.79 Å². The van der Waals surface area contributed by atoms with Crippen molar-refractivity contribution in [3.05, 3.63) is 58.7 Å². The van der Waals surface area contributed by atoms with Gasteiger partial charge in [0.2, 0.25) is 0 Å². The summed E-state index contributed by atoms with van der Waals surface area (Å²) in [5.74, 6) is -1.67. The summed E-state index contributed by atoms with van der Waals surface area (Å²) >= 11 is 0. The van der Waals surface area contributed by atoms with E-state index < -0.39 is 11.9 Å². The zero-order valence-electron chi connectivity index (χ0n) is 16.3. The highest BCUT2D eigenvalue weighted by atomic mass is 16.4. The summed E-state index contributed by atoms with van der Waals surface area (Å²) in [4.78, 5) is 27.1. The maximum atomic E-state index is 13.0. The third kappa shape index (κ3) is 2.85. The lowest BCUT2D eigenvalue weighted by Crippen LogP contribution is -2.34. The highest BCUT2D eigenvalue weighted by Gasteiger charge is 2.36. The number of benzene rings is 2. The molecule has 1 amide bonds. The summed E-state index contributed by atoms with van der Waals surface area (Å²) in [6, 6.07) is 10.6. The minimum absolute atomic E-state index is 0.0303. The summed E-state index contributed by atoms with van der Waals surface area (Å²) in [6.45, 7) is 1.97. The fourth-order valence-corrected chi connectivity index (χ4v) is 4.58. The number of rotatable bonds is 3. The molecule has 7 nitrogen and oxygen atoms in total. The number of carboxylic acid groups (broad SMARTS) is 1. The van der Waals surface area contributed by atoms with Crippen LogP contribution < -0.4 is 9.91 Å². The first-order valence-electron chi connectivity index (χ1n) is 10.1. The zero-order valence-corrected chi connectivity index (χ0v) is 16.3. The molecule has 0 aliphatic carbocycles. The number of amides is 1. The standard InChI is InChI=1S/C23H21N3O4/c27-21-15(12-14-6-4-10-25-11-5-9-17(21)20(14)25)13-18-19(23(29)30)24-26(22(18)28)16-7-2-1-3-8-16/h1-3,7-8,12-13,27H,4-6,9-11H2,(H,29,30). The van der Waals surface area contributed by atoms with Crippen LogP contribution in [-0.4, -0.2) is 40.9 Å². The number of aromatic hydroxyl groups is 1. The molecule has 0 fully saturated rings. The lowest BCUT2D eigenvalue weighted by molar-refractivity contribution is -0.129. The number of carbonyl (C=O) groups is 2. The van der Waals surface area contributed by atoms with Gasteiger partial charge >= 0.3 is 5.97 Å². The van der Waals surface area contributed by atoms with Crippen molar-refractivity contribution in [1.82, 2.24) is 0 Å². The second-order valence-corrected chi connectivity index (χ2v) is 7.76. The number of aryl methyl sites for hydroxylation is 1. The highest BCUT2D eigenvalue weighted by molar-refractivity contribution is 6.53. The molecule has 0 radical (unpaired) electrons. The van der Waals surface area contributed by atoms with Crippen molar-refractivity contribution in [3.8, 4) is 5.75 Å². The maximum Gasteiger partial charge on any atom is 0.357 e. The number of phenols is 1. The average Bonchev–Trinajstić information content (AvgIpc) is 3.09. The lowest BCUT2D eigenvalue weighted by Gasteiger charge is -2.37. The number of phenolic OH excluding ortho intramolecular Hbond substituents is 1. The van der Waals surface area contributed by atoms with Crippen LogP contribution >= 0.6 is 0 Å². The molecule has 2 N–H and O–H groups in total. The van der Waals surface area contributed by atoms with Gasteiger partial charge < -0.3 is 15.1 Å². The molecular formula is C23H21N3O4. The van der Waals surface area contributed by atoms with E-state index in [0.717, 1.165) is 60.6 Å². The van der Waals surface area contributed by atoms with Crippen molar-refractivity contribution >= 4 is 35.0 Å². The molecule has 3 aliphatic heterocycles. The van der Waals surface area contributed by atoms with E-state index in [2.05, 4.69) is 10.0 Å². The number of carbonyl (C=O) groups excluding carboxylic acids is 1. The monoisotopic (exact) mass is 403 g/mol. The predicted octanol–water partition coefficient (Wildman–Crippen LogP) is 2.96. The molecule has 3 aliphatic rings. The number of hydrogen-bond acceptors (Lipinski definition) is 5. The molecule has 3 heterocycles. The molecule has 5 rings (SSSR count). The maximum absolute atomic E-state index is 13.0. The third-order valence-corrected chi connectivity index (χ3v) is 5.91. The van der Waals surface area contributed by atoms with E-state index in [0.29, 0.717) is 11.3 Å². The number of aliphatic carboxylic acids is 1. The van der Waals surface area contributed by atoms with E-state index in [1.165, 1.54) is 6.08 Å². The van der Waals surface area contributed by atoms with Crippen molar-refractivity contribution in [2.24, 2.45) is 5.10 Å². The van der Waals surface area contributed by atoms with E-state index >= 15 is 0 Å². The van der Waals surface area contributed by atoms with Crippen LogP contribution in [0.25, 0.3) is 6.08 Å². The van der Waals surface area contributed by atoms with Crippen molar-refractivity contribution in [2.45, 2.75) is 25.7 Å². The lowest BCUT2D eigenvalue weighted by atomic mass is 9.88. The van der Waals surface area contributed by atoms with E-state index in [1.54, 1.807) is 24.3 Å². The van der Waals surface area contributed by atoms with Gasteiger partial charge in [0.1, 0.15) is 5.75 Å². The number of anilines is 2. The largest absolute Gasteiger partial charge is 0.507 e. The first-order valence-corrected chi connectivity index (χ1v) is 10.1. The smallest absolute Gasteiger partial charge is 0.357 e. The van der Waals surface area contributed by atoms with Crippen LogP contribution in [0.5, 0.6) is 5.75 Å². The Morgan fingerprint density at radius 3 is 2.57 bits per heavy atom. The zero-order chi connectivity index (χ0) is 20.8. The van der Waals surface area contributed by atoms with Gasteiger partial charge in [-0.15, -0.1) is 0 Å². The number of hydrogen-bond donors (Lipinski definition) is 2. The van der Waals surface area contributed by atoms with Crippen LogP contribution in [0.1, 0.15) is 29.5 Å². The molecule has 7 heteroatoms. The predicted molar refractivity (Wildman–Crippen MR) is 114 cm³/mol. The Labute approximate surface area is 173 Å². The fraction of sp³-hybridized carbons (Fsp3) is 0.261. The van der Waals surface area contributed by atoms with Crippen molar-refractivity contribution in [1.29, 1.82) is 0 Å². The molecule has 30 heavy (non-hydrogen) atoms. The third-order valence-electron chi connectivity index (χ3n) is 5.91. The molecule has 0 saturated heterocycles. The molecule has 2 aromatic rings. The van der Waals surface area contributed by atoms with Gasteiger partial charge in [0.25, 0.3) is 5.91 Å². The molecule has 152 valence electrons. The second kappa shape index (κ2) is 7.02. The topological polar surface area (TPSA) is 93.4 Å². The summed E-state index contributed by atoms with van der Waals surface area (Å²) in [5, 5.41) is 25.7. The van der Waals surface area contributed by atoms with Gasteiger partial charge in [0, 0.05) is 29.9 Å². The van der Waals surface area contributed by atoms with E-state index in [1.807, 2.05) is 12.1 Å². The number of hydrazone groups is 1. The van der Waals surface area contributed by atoms with Crippen molar-refractivity contribution in [3.63, 3.8) is 0 Å². The minimum Gasteiger partial charge on any atom is -0.507 e. The van der Waals surface area contributed by atoms with Gasteiger partial charge in [-0.05, 0) is 55.5 Å². The first-order chi connectivity index (χ1) is 14.5. The summed E-state index contributed by atoms with van der Waals surface area (Å²) < 4.78 is 0. The number of para-hydroxylation sites is 1. The van der Waals surface area contributed by atoms with Crippen LogP contribution in [0.2, 0.25) is 0 Å². The van der Waals surface area contributed by atoms with Crippen LogP contribution in [0.4, 0.5) is 11.4 Å². The van der Waals surface area contributed by atoms with E-state index in [9.17, 15) is 19.8 Å². The molecule has 0 bridgehead atoms. The quantitative estimate of drug-likeness (QED) is 0.769. The average molecular weight is 403 g/mol. The number of carboxylic acids is 1. The van der Waals surface area contributed by atoms with Crippen LogP contribution in [-0.2, 0) is 22.4 Å². The molecule has 0 atom stereocenters. The Kier molecular flexibility index (Phi) is 4.31. The first kappa shape index (κ1) is 18.4. The van der Waals surface area contributed by atoms with Gasteiger partial charge in [0.05, 0.1) is 11.3 Å². The Morgan fingerprint density at radius 2 is 1.83 bits per heavy atom. The fourth-order valence-electron chi connectivity index (χ4n) is 4.58. The SMILES string of the molecule is O=C(O)C1=NN(c2ccccc2)C(=O)C1=Cc1cc2c3c(c1O)CCCN3CCC2. The Hall–Kier alpha value is -3.61. The summed E-state index contributed by atoms with van der Waals surface area (Å²) in [5.41, 5.74) is 3.76. The van der Waals surface area contributed by atoms with Gasteiger partial charge in [-0.2, -0.15) is 10.1 Å². The minimum atomic E-state index is -1.28. The highest BCUT2D eigenvalue weighted by Crippen LogP contribution is 2.42. The Balaban J connectivity index is 1.62. The molecule has 0 aromatic heterocycles. The molecule has 0 saturated carbocycles. The molecule has 0 unspecified atom stereocenters. The second-order valence-electron chi connectivity index (χ2n) is 7.76. The van der Waals surface area contributed by atoms with Crippen LogP contribution in [0.15, 0.2) is 47.1 Å². The van der Waals surface area contributed by atoms with Crippen molar-refractivity contribution in [2.75, 3.05) is 23.0 Å². The van der Waals surface area contributed by atoms with E-state index in [-0.39, 0.29) is 17.0 Å². The van der Waals surface area contributed by atoms with Gasteiger partial charge in [0.15, 0.2) is 5.71 Å². The summed E-state index contributed by atoms with van der Waals surface area (Å²) in [6.07, 6.45) is 5.14. The van der Waals surface area contributed by atoms with Crippen LogP contribution in [0.3, 0.4) is 0 Å². The Morgan fingerprint density at radius 1 is 1.10 bits per heavy atom. The number of nitrogens with zero attached hydrogens (tertiary/aromatic N) is 3. The van der Waals surface area contributed by atoms with Gasteiger partial charge in [-0.3, -0.25) is 4.79 Å². The molecule has 0 spiro atoms. The van der Waals surface area contributed by atoms with Crippen LogP contribution in [0, 0.1) is 0 Å². The van der Waals surface area contributed by atoms with Gasteiger partial charge in [-0.1, -0.05) is 18.2 Å². The molecule has 2 aromatic carbocycles. The Bertz CT molecular complexity index is 1120. The normalized spacial score (nSPS) is 19.1. The van der Waals surface area contributed by atoms with E-state index in [4.69, 9.17) is 0 Å².